The van der Waals surface area contributed by atoms with Crippen molar-refractivity contribution in [3.63, 3.8) is 0 Å². The van der Waals surface area contributed by atoms with Crippen LogP contribution in [0.1, 0.15) is 16.7 Å². The Balaban J connectivity index is 1.70. The number of benzene rings is 2. The van der Waals surface area contributed by atoms with Gasteiger partial charge in [-0.15, -0.1) is 0 Å². The van der Waals surface area contributed by atoms with Crippen LogP contribution < -0.4 is 4.74 Å². The van der Waals surface area contributed by atoms with Crippen molar-refractivity contribution in [3.05, 3.63) is 65.2 Å². The Morgan fingerprint density at radius 3 is 2.55 bits per heavy atom. The Labute approximate surface area is 181 Å². The number of ether oxygens (including phenoxy) is 3. The van der Waals surface area contributed by atoms with Gasteiger partial charge in [0.1, 0.15) is 17.3 Å². The number of nitrogens with zero attached hydrogens (tertiary/aromatic N) is 2. The quantitative estimate of drug-likeness (QED) is 0.479. The Kier molecular flexibility index (Phi) is 7.41. The summed E-state index contributed by atoms with van der Waals surface area (Å²) in [7, 11) is -2.36. The lowest BCUT2D eigenvalue weighted by Gasteiger charge is -2.26. The third kappa shape index (κ3) is 5.70. The van der Waals surface area contributed by atoms with Crippen LogP contribution in [0.2, 0.25) is 0 Å². The van der Waals surface area contributed by atoms with Gasteiger partial charge >= 0.3 is 5.97 Å². The molecule has 2 aromatic carbocycles. The zero-order valence-corrected chi connectivity index (χ0v) is 17.8. The summed E-state index contributed by atoms with van der Waals surface area (Å²) >= 11 is 0. The average Bonchev–Trinajstić information content (AvgIpc) is 2.82. The average molecular weight is 442 g/mol. The van der Waals surface area contributed by atoms with Crippen LogP contribution in [0.25, 0.3) is 6.08 Å². The molecule has 2 aromatic rings. The van der Waals surface area contributed by atoms with Crippen molar-refractivity contribution in [2.45, 2.75) is 11.5 Å². The SMILES string of the molecule is COc1ccc(/C=C/C(=O)OCc2ccc(C#N)cc2)cc1S(=O)(=O)N1CCOCC1. The molecule has 162 valence electrons. The van der Waals surface area contributed by atoms with E-state index in [-0.39, 0.29) is 30.3 Å². The molecule has 1 saturated heterocycles. The van der Waals surface area contributed by atoms with Crippen molar-refractivity contribution >= 4 is 22.1 Å². The fourth-order valence-corrected chi connectivity index (χ4v) is 4.57. The first kappa shape index (κ1) is 22.5. The van der Waals surface area contributed by atoms with Crippen LogP contribution in [0.5, 0.6) is 5.75 Å². The van der Waals surface area contributed by atoms with Crippen LogP contribution in [-0.4, -0.2) is 52.1 Å². The Bertz CT molecular complexity index is 1100. The molecule has 0 aromatic heterocycles. The molecule has 1 fully saturated rings. The highest BCUT2D eigenvalue weighted by Gasteiger charge is 2.29. The second kappa shape index (κ2) is 10.2. The molecular formula is C22H22N2O6S. The van der Waals surface area contributed by atoms with Gasteiger partial charge in [-0.05, 0) is 41.5 Å². The van der Waals surface area contributed by atoms with Crippen molar-refractivity contribution in [1.82, 2.24) is 4.31 Å². The van der Waals surface area contributed by atoms with E-state index in [0.29, 0.717) is 24.3 Å². The van der Waals surface area contributed by atoms with E-state index in [9.17, 15) is 13.2 Å². The minimum Gasteiger partial charge on any atom is -0.495 e. The number of esters is 1. The topological polar surface area (TPSA) is 106 Å². The van der Waals surface area contributed by atoms with Crippen molar-refractivity contribution in [2.24, 2.45) is 0 Å². The second-order valence-corrected chi connectivity index (χ2v) is 8.58. The van der Waals surface area contributed by atoms with Crippen LogP contribution in [-0.2, 0) is 30.9 Å². The molecule has 31 heavy (non-hydrogen) atoms. The van der Waals surface area contributed by atoms with E-state index in [1.165, 1.54) is 29.6 Å². The summed E-state index contributed by atoms with van der Waals surface area (Å²) in [6.07, 6.45) is 2.72. The summed E-state index contributed by atoms with van der Waals surface area (Å²) in [6.45, 7) is 1.28. The minimum absolute atomic E-state index is 0.0324. The highest BCUT2D eigenvalue weighted by Crippen LogP contribution is 2.28. The molecular weight excluding hydrogens is 420 g/mol. The first-order chi connectivity index (χ1) is 14.9. The van der Waals surface area contributed by atoms with Gasteiger partial charge in [0, 0.05) is 19.2 Å². The zero-order valence-electron chi connectivity index (χ0n) is 17.0. The van der Waals surface area contributed by atoms with Crippen molar-refractivity contribution < 1.29 is 27.4 Å². The molecule has 1 aliphatic rings. The number of carbonyl (C=O) groups excluding carboxylic acids is 1. The summed E-state index contributed by atoms with van der Waals surface area (Å²) in [5.41, 5.74) is 1.80. The molecule has 9 heteroatoms. The number of carbonyl (C=O) groups is 1. The Morgan fingerprint density at radius 2 is 1.90 bits per heavy atom. The molecule has 0 bridgehead atoms. The molecule has 0 unspecified atom stereocenters. The number of sulfonamides is 1. The van der Waals surface area contributed by atoms with E-state index in [1.54, 1.807) is 36.4 Å². The number of nitriles is 1. The van der Waals surface area contributed by atoms with Crippen LogP contribution in [0.3, 0.4) is 0 Å². The van der Waals surface area contributed by atoms with Gasteiger partial charge < -0.3 is 14.2 Å². The number of hydrogen-bond acceptors (Lipinski definition) is 7. The number of rotatable bonds is 7. The first-order valence-corrected chi connectivity index (χ1v) is 11.0. The largest absolute Gasteiger partial charge is 0.495 e. The molecule has 0 amide bonds. The van der Waals surface area contributed by atoms with E-state index < -0.39 is 16.0 Å². The standard InChI is InChI=1S/C22H22N2O6S/c1-28-20-8-6-17(14-21(20)31(26,27)24-10-12-29-13-11-24)7-9-22(25)30-16-19-4-2-18(15-23)3-5-19/h2-9,14H,10-13,16H2,1H3/b9-7+. The van der Waals surface area contributed by atoms with Crippen LogP contribution >= 0.6 is 0 Å². The summed E-state index contributed by atoms with van der Waals surface area (Å²) < 4.78 is 43.0. The highest BCUT2D eigenvalue weighted by atomic mass is 32.2. The molecule has 0 saturated carbocycles. The fraction of sp³-hybridized carbons (Fsp3) is 0.273. The molecule has 0 aliphatic carbocycles. The Hall–Kier alpha value is -3.19. The van der Waals surface area contributed by atoms with Crippen molar-refractivity contribution in [3.8, 4) is 11.8 Å². The third-order valence-corrected chi connectivity index (χ3v) is 6.57. The van der Waals surface area contributed by atoms with Gasteiger partial charge in [-0.1, -0.05) is 18.2 Å². The van der Waals surface area contributed by atoms with E-state index >= 15 is 0 Å². The lowest BCUT2D eigenvalue weighted by Crippen LogP contribution is -2.40. The van der Waals surface area contributed by atoms with Gasteiger partial charge in [0.15, 0.2) is 0 Å². The van der Waals surface area contributed by atoms with E-state index in [2.05, 4.69) is 0 Å². The van der Waals surface area contributed by atoms with Crippen LogP contribution in [0, 0.1) is 11.3 Å². The lowest BCUT2D eigenvalue weighted by molar-refractivity contribution is -0.138. The Morgan fingerprint density at radius 1 is 1.19 bits per heavy atom. The molecule has 0 N–H and O–H groups in total. The van der Waals surface area contributed by atoms with Crippen molar-refractivity contribution in [2.75, 3.05) is 33.4 Å². The molecule has 0 spiro atoms. The predicted molar refractivity (Wildman–Crippen MR) is 113 cm³/mol. The van der Waals surface area contributed by atoms with Gasteiger partial charge in [0.25, 0.3) is 0 Å². The molecule has 0 radical (unpaired) electrons. The van der Waals surface area contributed by atoms with Crippen LogP contribution in [0.15, 0.2) is 53.4 Å². The number of hydrogen-bond donors (Lipinski definition) is 0. The number of morpholine rings is 1. The molecule has 3 rings (SSSR count). The van der Waals surface area contributed by atoms with Crippen molar-refractivity contribution in [1.29, 1.82) is 5.26 Å². The van der Waals surface area contributed by atoms with Gasteiger partial charge in [-0.25, -0.2) is 13.2 Å². The summed E-state index contributed by atoms with van der Waals surface area (Å²) in [5.74, 6) is -0.343. The molecule has 1 aliphatic heterocycles. The smallest absolute Gasteiger partial charge is 0.331 e. The maximum atomic E-state index is 13.0. The molecule has 1 heterocycles. The first-order valence-electron chi connectivity index (χ1n) is 9.54. The maximum Gasteiger partial charge on any atom is 0.331 e. The van der Waals surface area contributed by atoms with Gasteiger partial charge in [-0.3, -0.25) is 0 Å². The number of methoxy groups -OCH3 is 1. The summed E-state index contributed by atoms with van der Waals surface area (Å²) in [6, 6.07) is 13.4. The zero-order chi connectivity index (χ0) is 22.3. The maximum absolute atomic E-state index is 13.0. The summed E-state index contributed by atoms with van der Waals surface area (Å²) in [5, 5.41) is 8.80. The predicted octanol–water partition coefficient (Wildman–Crippen LogP) is 2.34. The molecule has 0 atom stereocenters. The lowest BCUT2D eigenvalue weighted by atomic mass is 10.2. The monoisotopic (exact) mass is 442 g/mol. The summed E-state index contributed by atoms with van der Waals surface area (Å²) in [4.78, 5) is 12.1. The second-order valence-electron chi connectivity index (χ2n) is 6.68. The third-order valence-electron chi connectivity index (χ3n) is 4.65. The van der Waals surface area contributed by atoms with E-state index in [4.69, 9.17) is 19.5 Å². The van der Waals surface area contributed by atoms with Gasteiger partial charge in [0.2, 0.25) is 10.0 Å². The van der Waals surface area contributed by atoms with Gasteiger partial charge in [-0.2, -0.15) is 9.57 Å². The normalized spacial score (nSPS) is 14.8. The fourth-order valence-electron chi connectivity index (χ4n) is 2.97. The highest BCUT2D eigenvalue weighted by molar-refractivity contribution is 7.89. The molecule has 8 nitrogen and oxygen atoms in total. The minimum atomic E-state index is -3.76. The van der Waals surface area contributed by atoms with Crippen LogP contribution in [0.4, 0.5) is 0 Å². The van der Waals surface area contributed by atoms with E-state index in [1.807, 2.05) is 6.07 Å². The van der Waals surface area contributed by atoms with E-state index in [0.717, 1.165) is 5.56 Å². The van der Waals surface area contributed by atoms with Gasteiger partial charge in [0.05, 0.1) is 32.0 Å².